The third kappa shape index (κ3) is 15.4. The zero-order valence-electron chi connectivity index (χ0n) is 47.9. The van der Waals surface area contributed by atoms with Gasteiger partial charge in [-0.1, -0.05) is 146 Å². The number of amides is 3. The van der Waals surface area contributed by atoms with E-state index in [-0.39, 0.29) is 29.3 Å². The molecule has 20 nitrogen and oxygen atoms in total. The molecule has 4 aliphatic rings. The maximum Gasteiger partial charge on any atom is 0.418 e. The van der Waals surface area contributed by atoms with Crippen molar-refractivity contribution >= 4 is 73.4 Å². The predicted octanol–water partition coefficient (Wildman–Crippen LogP) is 10.5. The maximum atomic E-state index is 12.8. The number of likely N-dealkylation sites (tertiary alicyclic amines) is 1. The van der Waals surface area contributed by atoms with Crippen molar-refractivity contribution in [1.29, 1.82) is 0 Å². The lowest BCUT2D eigenvalue weighted by atomic mass is 9.74. The van der Waals surface area contributed by atoms with Crippen molar-refractivity contribution in [2.24, 2.45) is 0 Å². The van der Waals surface area contributed by atoms with Crippen LogP contribution in [-0.2, 0) is 30.9 Å². The fraction of sp³-hybridized carbons (Fsp3) is 0.219. The fourth-order valence-corrected chi connectivity index (χ4v) is 13.0. The molecule has 9 aromatic rings. The molecule has 0 saturated carbocycles. The van der Waals surface area contributed by atoms with Crippen LogP contribution in [0.4, 0.5) is 38.4 Å². The van der Waals surface area contributed by atoms with Gasteiger partial charge in [-0.15, -0.1) is 12.4 Å². The first-order chi connectivity index (χ1) is 41.6. The molecule has 6 aromatic carbocycles. The van der Waals surface area contributed by atoms with Crippen molar-refractivity contribution < 1.29 is 31.2 Å². The van der Waals surface area contributed by atoms with E-state index in [0.717, 1.165) is 76.6 Å². The number of nitrogens with two attached hydrogens (primary N) is 1. The van der Waals surface area contributed by atoms with E-state index >= 15 is 0 Å². The van der Waals surface area contributed by atoms with Gasteiger partial charge in [-0.25, -0.2) is 41.4 Å². The molecule has 5 N–H and O–H groups in total. The van der Waals surface area contributed by atoms with Gasteiger partial charge in [0.1, 0.15) is 11.6 Å². The summed E-state index contributed by atoms with van der Waals surface area (Å²) in [5, 5.41) is 8.72. The van der Waals surface area contributed by atoms with Gasteiger partial charge in [0.2, 0.25) is 20.0 Å². The number of benzene rings is 6. The number of nitrogens with zero attached hydrogens (tertiary/aromatic N) is 9. The van der Waals surface area contributed by atoms with Gasteiger partial charge >= 0.3 is 12.1 Å². The molecule has 87 heavy (non-hydrogen) atoms. The molecule has 7 heterocycles. The highest BCUT2D eigenvalue weighted by Gasteiger charge is 2.48. The number of nitrogen functional groups attached to an aromatic ring is 1. The van der Waals surface area contributed by atoms with Gasteiger partial charge in [0, 0.05) is 53.7 Å². The van der Waals surface area contributed by atoms with Gasteiger partial charge in [0.15, 0.2) is 11.6 Å². The van der Waals surface area contributed by atoms with Crippen LogP contribution in [0.3, 0.4) is 0 Å². The summed E-state index contributed by atoms with van der Waals surface area (Å²) < 4.78 is 56.8. The van der Waals surface area contributed by atoms with Crippen molar-refractivity contribution in [3.05, 3.63) is 218 Å². The average Bonchev–Trinajstić information content (AvgIpc) is 1.65. The van der Waals surface area contributed by atoms with Gasteiger partial charge in [0.25, 0.3) is 0 Å². The zero-order valence-corrected chi connectivity index (χ0v) is 50.3. The molecule has 4 aliphatic heterocycles. The standard InChI is InChI=1S/C24H25N5O3S.C17H13N3O2.C13H18N2O2S.C10H9N3.ClH/c1-33(31,32)29-17-24(19-9-5-6-10-21(19)29)11-13-28(14-12-24)23(30)27-22-16-25-20(15-26-22)18-7-3-2-4-8-18;21-17(22-14-9-5-2-6-10-14)20-16-12-18-15(11-19-16)13-7-3-1-4-8-13;1-18(16,17)15-10-13(6-8-14-9-7-13)11-4-2-3-5-12(11)15;11-10-7-12-9(6-13-10)8-4-2-1-3-5-8;/h2-10,15-16H,11-14,17H2,1H3,(H,26,27,30);1-12H,(H,19,20,21);2-5,14H,6-10H2,1H3;1-7H,(H2,11,13);1H. The van der Waals surface area contributed by atoms with E-state index in [0.29, 0.717) is 62.2 Å². The van der Waals surface area contributed by atoms with E-state index in [1.807, 2.05) is 140 Å². The monoisotopic (exact) mass is 1230 g/mol. The number of fused-ring (bicyclic) bond motifs is 4. The Labute approximate surface area is 512 Å². The minimum absolute atomic E-state index is 0. The van der Waals surface area contributed by atoms with Crippen LogP contribution in [-0.4, -0.2) is 116 Å². The number of anilines is 5. The summed E-state index contributed by atoms with van der Waals surface area (Å²) in [5.41, 5.74) is 14.4. The van der Waals surface area contributed by atoms with Crippen molar-refractivity contribution in [3.63, 3.8) is 0 Å². The number of urea groups is 1. The molecule has 3 aromatic heterocycles. The second kappa shape index (κ2) is 27.8. The second-order valence-corrected chi connectivity index (χ2v) is 24.9. The molecule has 0 atom stereocenters. The Kier molecular flexibility index (Phi) is 19.9. The number of aromatic nitrogens is 6. The molecule has 2 saturated heterocycles. The SMILES string of the molecule is CS(=O)(=O)N1CC2(CCN(C(=O)Nc3cnc(-c4ccccc4)cn3)CC2)c2ccccc21.CS(=O)(=O)N1CC2(CCNCC2)c2ccccc21.Cl.Nc1cnc(-c2ccccc2)cn1.O=C(Nc1cnc(-c2ccccc2)cn1)Oc1ccccc1. The summed E-state index contributed by atoms with van der Waals surface area (Å²) in [7, 11) is -6.54. The van der Waals surface area contributed by atoms with Crippen LogP contribution in [0.15, 0.2) is 207 Å². The van der Waals surface area contributed by atoms with Crippen molar-refractivity contribution in [2.45, 2.75) is 36.5 Å². The number of carbonyl (C=O) groups excluding carboxylic acids is 2. The van der Waals surface area contributed by atoms with Crippen LogP contribution < -0.4 is 35.0 Å². The van der Waals surface area contributed by atoms with Crippen LogP contribution in [0, 0.1) is 0 Å². The minimum atomic E-state index is -3.36. The molecule has 13 rings (SSSR count). The summed E-state index contributed by atoms with van der Waals surface area (Å²) in [6.45, 7) is 4.03. The second-order valence-electron chi connectivity index (χ2n) is 21.1. The molecule has 0 aliphatic carbocycles. The number of piperidine rings is 2. The van der Waals surface area contributed by atoms with Crippen molar-refractivity contribution in [2.75, 3.05) is 76.8 Å². The van der Waals surface area contributed by atoms with Crippen LogP contribution in [0.2, 0.25) is 0 Å². The van der Waals surface area contributed by atoms with Gasteiger partial charge in [0.05, 0.1) is 78.1 Å². The predicted molar refractivity (Wildman–Crippen MR) is 343 cm³/mol. The quantitative estimate of drug-likeness (QED) is 0.110. The number of nitrogens with one attached hydrogen (secondary N) is 3. The highest BCUT2D eigenvalue weighted by Crippen LogP contribution is 2.49. The van der Waals surface area contributed by atoms with E-state index < -0.39 is 26.1 Å². The van der Waals surface area contributed by atoms with Crippen LogP contribution >= 0.6 is 12.4 Å². The molecular formula is C64H66ClN13O7S2. The smallest absolute Gasteiger partial charge is 0.410 e. The number of hydrogen-bond donors (Lipinski definition) is 4. The zero-order chi connectivity index (χ0) is 60.2. The van der Waals surface area contributed by atoms with E-state index in [4.69, 9.17) is 10.5 Å². The third-order valence-electron chi connectivity index (χ3n) is 15.4. The van der Waals surface area contributed by atoms with Crippen LogP contribution in [0.1, 0.15) is 36.8 Å². The first kappa shape index (κ1) is 62.2. The van der Waals surface area contributed by atoms with Crippen LogP contribution in [0.5, 0.6) is 5.75 Å². The largest absolute Gasteiger partial charge is 0.418 e. The third-order valence-corrected chi connectivity index (χ3v) is 17.6. The van der Waals surface area contributed by atoms with Gasteiger partial charge in [-0.05, 0) is 74.2 Å². The Bertz CT molecular complexity index is 3970. The van der Waals surface area contributed by atoms with Gasteiger partial charge in [-0.2, -0.15) is 0 Å². The number of para-hydroxylation sites is 3. The Morgan fingerprint density at radius 2 is 0.885 bits per heavy atom. The molecular weight excluding hydrogens is 1160 g/mol. The first-order valence-corrected chi connectivity index (χ1v) is 31.6. The number of ether oxygens (including phenoxy) is 1. The Morgan fingerprint density at radius 3 is 1.30 bits per heavy atom. The van der Waals surface area contributed by atoms with E-state index in [2.05, 4.69) is 51.9 Å². The van der Waals surface area contributed by atoms with E-state index in [1.54, 1.807) is 64.5 Å². The van der Waals surface area contributed by atoms with Crippen molar-refractivity contribution in [3.8, 4) is 39.5 Å². The lowest BCUT2D eigenvalue weighted by molar-refractivity contribution is 0.173. The number of carbonyl (C=O) groups is 2. The molecule has 0 radical (unpaired) electrons. The summed E-state index contributed by atoms with van der Waals surface area (Å²) in [4.78, 5) is 51.6. The molecule has 2 spiro atoms. The maximum absolute atomic E-state index is 12.8. The Morgan fingerprint density at radius 1 is 0.494 bits per heavy atom. The molecule has 448 valence electrons. The topological polar surface area (TPSA) is 261 Å². The Hall–Kier alpha value is -9.35. The molecule has 3 amide bonds. The summed E-state index contributed by atoms with van der Waals surface area (Å²) in [6.07, 6.45) is 14.9. The minimum Gasteiger partial charge on any atom is -0.410 e. The average molecular weight is 1230 g/mol. The number of hydrogen-bond acceptors (Lipinski definition) is 15. The fourth-order valence-electron chi connectivity index (χ4n) is 11.0. The lowest BCUT2D eigenvalue weighted by Crippen LogP contribution is -2.48. The highest BCUT2D eigenvalue weighted by molar-refractivity contribution is 7.92. The number of halogens is 1. The number of sulfonamides is 2. The first-order valence-electron chi connectivity index (χ1n) is 27.9. The normalized spacial score (nSPS) is 15.1. The highest BCUT2D eigenvalue weighted by atomic mass is 35.5. The summed E-state index contributed by atoms with van der Waals surface area (Å²) >= 11 is 0. The molecule has 23 heteroatoms. The van der Waals surface area contributed by atoms with Crippen LogP contribution in [0.25, 0.3) is 33.8 Å². The van der Waals surface area contributed by atoms with Gasteiger partial charge < -0.3 is 20.7 Å². The molecule has 0 bridgehead atoms. The van der Waals surface area contributed by atoms with Gasteiger partial charge in [-0.3, -0.25) is 34.2 Å². The molecule has 0 unspecified atom stereocenters. The molecule has 2 fully saturated rings. The summed E-state index contributed by atoms with van der Waals surface area (Å²) in [6, 6.07) is 53.5. The summed E-state index contributed by atoms with van der Waals surface area (Å²) in [5.74, 6) is 1.64. The number of rotatable bonds is 8. The Balaban J connectivity index is 0.000000146. The lowest BCUT2D eigenvalue weighted by Gasteiger charge is -2.39. The van der Waals surface area contributed by atoms with E-state index in [9.17, 15) is 26.4 Å². The van der Waals surface area contributed by atoms with Crippen molar-refractivity contribution in [1.82, 2.24) is 40.1 Å². The van der Waals surface area contributed by atoms with E-state index in [1.165, 1.54) is 28.6 Å².